The minimum Gasteiger partial charge on any atom is -0.497 e. The molecule has 1 N–H and O–H groups in total. The molecule has 150 valence electrons. The molecule has 0 atom stereocenters. The Morgan fingerprint density at radius 3 is 2.48 bits per heavy atom. The van der Waals surface area contributed by atoms with E-state index in [0.29, 0.717) is 36.6 Å². The molecule has 0 bridgehead atoms. The zero-order valence-corrected chi connectivity index (χ0v) is 16.6. The SMILES string of the molecule is COc1ccc(CCC(=O)Nc2ccc(OC)c(OCc3cccnc3)c2)cc1. The largest absolute Gasteiger partial charge is 0.497 e. The molecule has 1 heterocycles. The normalized spacial score (nSPS) is 10.3. The molecule has 6 nitrogen and oxygen atoms in total. The number of carbonyl (C=O) groups excluding carboxylic acids is 1. The van der Waals surface area contributed by atoms with Crippen molar-refractivity contribution >= 4 is 11.6 Å². The Morgan fingerprint density at radius 1 is 0.966 bits per heavy atom. The molecule has 0 aliphatic carbocycles. The lowest BCUT2D eigenvalue weighted by molar-refractivity contribution is -0.116. The van der Waals surface area contributed by atoms with Crippen LogP contribution in [0, 0.1) is 0 Å². The lowest BCUT2D eigenvalue weighted by Gasteiger charge is -2.13. The van der Waals surface area contributed by atoms with Crippen LogP contribution in [-0.2, 0) is 17.8 Å². The number of amides is 1. The number of nitrogens with one attached hydrogen (secondary N) is 1. The molecule has 0 aliphatic heterocycles. The van der Waals surface area contributed by atoms with Gasteiger partial charge in [0.05, 0.1) is 14.2 Å². The molecule has 0 radical (unpaired) electrons. The van der Waals surface area contributed by atoms with Crippen molar-refractivity contribution in [2.45, 2.75) is 19.4 Å². The van der Waals surface area contributed by atoms with Crippen molar-refractivity contribution in [1.82, 2.24) is 4.98 Å². The molecule has 0 aliphatic rings. The van der Waals surface area contributed by atoms with Crippen molar-refractivity contribution in [2.75, 3.05) is 19.5 Å². The van der Waals surface area contributed by atoms with E-state index in [1.165, 1.54) is 0 Å². The van der Waals surface area contributed by atoms with Crippen LogP contribution >= 0.6 is 0 Å². The molecule has 0 spiro atoms. The van der Waals surface area contributed by atoms with E-state index >= 15 is 0 Å². The number of methoxy groups -OCH3 is 2. The number of pyridine rings is 1. The van der Waals surface area contributed by atoms with Gasteiger partial charge in [-0.15, -0.1) is 0 Å². The van der Waals surface area contributed by atoms with Crippen LogP contribution in [0.25, 0.3) is 0 Å². The Kier molecular flexibility index (Phi) is 7.05. The maximum Gasteiger partial charge on any atom is 0.224 e. The van der Waals surface area contributed by atoms with Crippen LogP contribution in [0.15, 0.2) is 67.0 Å². The van der Waals surface area contributed by atoms with Crippen LogP contribution in [0.5, 0.6) is 17.2 Å². The quantitative estimate of drug-likeness (QED) is 0.590. The van der Waals surface area contributed by atoms with Crippen molar-refractivity contribution in [3.63, 3.8) is 0 Å². The zero-order valence-electron chi connectivity index (χ0n) is 16.6. The molecule has 1 amide bonds. The van der Waals surface area contributed by atoms with Crippen molar-refractivity contribution in [3.8, 4) is 17.2 Å². The van der Waals surface area contributed by atoms with Gasteiger partial charge in [-0.2, -0.15) is 0 Å². The van der Waals surface area contributed by atoms with Crippen molar-refractivity contribution in [1.29, 1.82) is 0 Å². The fraction of sp³-hybridized carbons (Fsp3) is 0.217. The maximum atomic E-state index is 12.3. The summed E-state index contributed by atoms with van der Waals surface area (Å²) in [5.74, 6) is 1.90. The summed E-state index contributed by atoms with van der Waals surface area (Å²) in [5, 5.41) is 2.91. The average Bonchev–Trinajstić information content (AvgIpc) is 2.77. The Bertz CT molecular complexity index is 927. The third-order valence-electron chi connectivity index (χ3n) is 4.36. The van der Waals surface area contributed by atoms with E-state index in [4.69, 9.17) is 14.2 Å². The van der Waals surface area contributed by atoms with Gasteiger partial charge in [0.2, 0.25) is 5.91 Å². The van der Waals surface area contributed by atoms with Gasteiger partial charge in [-0.25, -0.2) is 0 Å². The molecule has 3 aromatic rings. The number of hydrogen-bond donors (Lipinski definition) is 1. The number of aryl methyl sites for hydroxylation is 1. The van der Waals surface area contributed by atoms with Crippen LogP contribution in [0.4, 0.5) is 5.69 Å². The maximum absolute atomic E-state index is 12.3. The van der Waals surface area contributed by atoms with E-state index in [9.17, 15) is 4.79 Å². The highest BCUT2D eigenvalue weighted by molar-refractivity contribution is 5.91. The topological polar surface area (TPSA) is 69.7 Å². The summed E-state index contributed by atoms with van der Waals surface area (Å²) in [6.45, 7) is 0.360. The minimum absolute atomic E-state index is 0.0656. The van der Waals surface area contributed by atoms with Crippen molar-refractivity contribution in [3.05, 3.63) is 78.1 Å². The molecule has 0 unspecified atom stereocenters. The molecule has 0 saturated carbocycles. The number of anilines is 1. The summed E-state index contributed by atoms with van der Waals surface area (Å²) < 4.78 is 16.4. The van der Waals surface area contributed by atoms with Gasteiger partial charge >= 0.3 is 0 Å². The first-order chi connectivity index (χ1) is 14.2. The summed E-state index contributed by atoms with van der Waals surface area (Å²) >= 11 is 0. The highest BCUT2D eigenvalue weighted by Crippen LogP contribution is 2.31. The third kappa shape index (κ3) is 5.97. The summed E-state index contributed by atoms with van der Waals surface area (Å²) in [6, 6.07) is 16.8. The summed E-state index contributed by atoms with van der Waals surface area (Å²) in [4.78, 5) is 16.4. The predicted molar refractivity (Wildman–Crippen MR) is 112 cm³/mol. The van der Waals surface area contributed by atoms with Gasteiger partial charge in [0.15, 0.2) is 11.5 Å². The summed E-state index contributed by atoms with van der Waals surface area (Å²) in [7, 11) is 3.21. The molecule has 0 saturated heterocycles. The molecular formula is C23H24N2O4. The van der Waals surface area contributed by atoms with Crippen LogP contribution in [-0.4, -0.2) is 25.1 Å². The van der Waals surface area contributed by atoms with E-state index in [1.54, 1.807) is 44.8 Å². The smallest absolute Gasteiger partial charge is 0.224 e. The standard InChI is InChI=1S/C23H24N2O4/c1-27-20-9-5-17(6-10-20)7-12-23(26)25-19-8-11-21(28-2)22(14-19)29-16-18-4-3-13-24-15-18/h3-6,8-11,13-15H,7,12,16H2,1-2H3,(H,25,26). The number of nitrogens with zero attached hydrogens (tertiary/aromatic N) is 1. The van der Waals surface area contributed by atoms with Crippen LogP contribution in [0.1, 0.15) is 17.5 Å². The van der Waals surface area contributed by atoms with Crippen LogP contribution in [0.3, 0.4) is 0 Å². The number of benzene rings is 2. The molecular weight excluding hydrogens is 368 g/mol. The van der Waals surface area contributed by atoms with E-state index < -0.39 is 0 Å². The minimum atomic E-state index is -0.0656. The predicted octanol–water partition coefficient (Wildman–Crippen LogP) is 4.25. The average molecular weight is 392 g/mol. The van der Waals surface area contributed by atoms with Gasteiger partial charge in [-0.05, 0) is 42.3 Å². The molecule has 1 aromatic heterocycles. The second-order valence-corrected chi connectivity index (χ2v) is 6.41. The molecule has 2 aromatic carbocycles. The van der Waals surface area contributed by atoms with E-state index in [0.717, 1.165) is 16.9 Å². The molecule has 6 heteroatoms. The highest BCUT2D eigenvalue weighted by Gasteiger charge is 2.09. The van der Waals surface area contributed by atoms with Crippen LogP contribution in [0.2, 0.25) is 0 Å². The molecule has 29 heavy (non-hydrogen) atoms. The first-order valence-corrected chi connectivity index (χ1v) is 9.30. The number of rotatable bonds is 9. The van der Waals surface area contributed by atoms with Gasteiger partial charge in [0.25, 0.3) is 0 Å². The Hall–Kier alpha value is -3.54. The fourth-order valence-electron chi connectivity index (χ4n) is 2.79. The lowest BCUT2D eigenvalue weighted by atomic mass is 10.1. The second kappa shape index (κ2) is 10.1. The monoisotopic (exact) mass is 392 g/mol. The molecule has 0 fully saturated rings. The fourth-order valence-corrected chi connectivity index (χ4v) is 2.79. The Labute approximate surface area is 170 Å². The second-order valence-electron chi connectivity index (χ2n) is 6.41. The van der Waals surface area contributed by atoms with Crippen molar-refractivity contribution in [2.24, 2.45) is 0 Å². The van der Waals surface area contributed by atoms with Gasteiger partial charge < -0.3 is 19.5 Å². The summed E-state index contributed by atoms with van der Waals surface area (Å²) in [6.07, 6.45) is 4.49. The highest BCUT2D eigenvalue weighted by atomic mass is 16.5. The number of hydrogen-bond acceptors (Lipinski definition) is 5. The Balaban J connectivity index is 1.58. The van der Waals surface area contributed by atoms with Gasteiger partial charge in [0, 0.05) is 36.1 Å². The van der Waals surface area contributed by atoms with E-state index in [-0.39, 0.29) is 5.91 Å². The van der Waals surface area contributed by atoms with Gasteiger partial charge in [0.1, 0.15) is 12.4 Å². The first-order valence-electron chi connectivity index (χ1n) is 9.30. The third-order valence-corrected chi connectivity index (χ3v) is 4.36. The number of ether oxygens (including phenoxy) is 3. The van der Waals surface area contributed by atoms with E-state index in [2.05, 4.69) is 10.3 Å². The van der Waals surface area contributed by atoms with Gasteiger partial charge in [-0.1, -0.05) is 18.2 Å². The number of aromatic nitrogens is 1. The zero-order chi connectivity index (χ0) is 20.5. The molecule has 3 rings (SSSR count). The Morgan fingerprint density at radius 2 is 1.79 bits per heavy atom. The number of carbonyl (C=O) groups is 1. The lowest BCUT2D eigenvalue weighted by Crippen LogP contribution is -2.12. The first kappa shape index (κ1) is 20.2. The van der Waals surface area contributed by atoms with E-state index in [1.807, 2.05) is 36.4 Å². The van der Waals surface area contributed by atoms with Crippen LogP contribution < -0.4 is 19.5 Å². The van der Waals surface area contributed by atoms with Gasteiger partial charge in [-0.3, -0.25) is 9.78 Å². The summed E-state index contributed by atoms with van der Waals surface area (Å²) in [5.41, 5.74) is 2.69. The van der Waals surface area contributed by atoms with Crippen molar-refractivity contribution < 1.29 is 19.0 Å².